The van der Waals surface area contributed by atoms with Crippen LogP contribution in [-0.2, 0) is 26.2 Å². The minimum atomic E-state index is -5.07. The van der Waals surface area contributed by atoms with Crippen molar-refractivity contribution in [3.63, 3.8) is 0 Å². The summed E-state index contributed by atoms with van der Waals surface area (Å²) in [5.74, 6) is 0. The third kappa shape index (κ3) is 8.46. The molecule has 0 saturated heterocycles. The smallest absolute Gasteiger partial charge is 0.790 e. The van der Waals surface area contributed by atoms with Crippen molar-refractivity contribution in [2.75, 3.05) is 13.2 Å². The van der Waals surface area contributed by atoms with E-state index in [1.807, 2.05) is 0 Å². The van der Waals surface area contributed by atoms with Gasteiger partial charge >= 0.3 is 17.1 Å². The van der Waals surface area contributed by atoms with Crippen molar-refractivity contribution in [3.8, 4) is 0 Å². The molecule has 0 heterocycles. The van der Waals surface area contributed by atoms with Gasteiger partial charge in [0, 0.05) is 0 Å². The molecule has 0 aliphatic rings. The van der Waals surface area contributed by atoms with Crippen molar-refractivity contribution >= 4 is 7.82 Å². The molecule has 2 N–H and O–H groups in total. The second kappa shape index (κ2) is 6.11. The van der Waals surface area contributed by atoms with Crippen LogP contribution in [0.25, 0.3) is 0 Å². The van der Waals surface area contributed by atoms with E-state index in [9.17, 15) is 14.4 Å². The zero-order chi connectivity index (χ0) is 8.20. The molecule has 0 atom stereocenters. The van der Waals surface area contributed by atoms with Crippen LogP contribution in [0.3, 0.4) is 0 Å². The molecule has 0 aromatic rings. The number of phosphoric acid groups is 1. The van der Waals surface area contributed by atoms with Gasteiger partial charge in [0.15, 0.2) is 0 Å². The normalized spacial score (nSPS) is 11.4. The maximum atomic E-state index is 9.79. The molecule has 0 aliphatic carbocycles. The summed E-state index contributed by atoms with van der Waals surface area (Å²) in [6.45, 7) is -1.41. The van der Waals surface area contributed by atoms with Crippen molar-refractivity contribution in [1.82, 2.24) is 0 Å². The Kier molecular flexibility index (Phi) is 7.83. The van der Waals surface area contributed by atoms with Gasteiger partial charge in [-0.3, -0.25) is 0 Å². The van der Waals surface area contributed by atoms with Crippen LogP contribution in [-0.4, -0.2) is 29.5 Å². The molecule has 0 amide bonds. The number of hydrogen-bond acceptors (Lipinski definition) is 6. The van der Waals surface area contributed by atoms with E-state index in [2.05, 4.69) is 4.52 Å². The van der Waals surface area contributed by atoms with Gasteiger partial charge in [-0.05, 0) is 0 Å². The molecule has 0 unspecified atom stereocenters. The fourth-order valence-electron chi connectivity index (χ4n) is 0.307. The van der Waals surface area contributed by atoms with Crippen LogP contribution in [0.1, 0.15) is 0 Å². The van der Waals surface area contributed by atoms with E-state index in [-0.39, 0.29) is 17.1 Å². The fourth-order valence-corrected chi connectivity index (χ4v) is 0.805. The Labute approximate surface area is 73.9 Å². The first-order valence-corrected chi connectivity index (χ1v) is 3.88. The molecule has 0 aliphatic heterocycles. The third-order valence-corrected chi connectivity index (χ3v) is 1.24. The Morgan fingerprint density at radius 2 is 1.73 bits per heavy atom. The van der Waals surface area contributed by atoms with Crippen LogP contribution in [0.5, 0.6) is 0 Å². The largest absolute Gasteiger partial charge is 2.00 e. The van der Waals surface area contributed by atoms with Crippen molar-refractivity contribution in [2.45, 2.75) is 6.10 Å². The van der Waals surface area contributed by atoms with Crippen LogP contribution in [0.4, 0.5) is 0 Å². The Balaban J connectivity index is 0. The zero-order valence-electron chi connectivity index (χ0n) is 5.27. The van der Waals surface area contributed by atoms with E-state index in [4.69, 9.17) is 10.2 Å². The number of phosphoric ester groups is 1. The molecular formula is C3H7CuO6P. The van der Waals surface area contributed by atoms with Crippen molar-refractivity contribution in [1.29, 1.82) is 0 Å². The molecule has 0 spiro atoms. The predicted octanol–water partition coefficient (Wildman–Crippen LogP) is -2.82. The van der Waals surface area contributed by atoms with E-state index in [0.29, 0.717) is 0 Å². The summed E-state index contributed by atoms with van der Waals surface area (Å²) in [4.78, 5) is 19.6. The molecular weight excluding hydrogens is 227 g/mol. The zero-order valence-corrected chi connectivity index (χ0v) is 7.10. The maximum absolute atomic E-state index is 9.79. The Hall–Kier alpha value is 0.549. The Bertz CT molecular complexity index is 130. The van der Waals surface area contributed by atoms with Gasteiger partial charge in [0.1, 0.15) is 6.10 Å². The van der Waals surface area contributed by atoms with Gasteiger partial charge in [0.05, 0.1) is 21.0 Å². The molecule has 0 aromatic carbocycles. The third-order valence-electron chi connectivity index (χ3n) is 0.685. The molecule has 8 heteroatoms. The van der Waals surface area contributed by atoms with Crippen LogP contribution in [0.2, 0.25) is 0 Å². The summed E-state index contributed by atoms with van der Waals surface area (Å²) in [5, 5.41) is 16.4. The van der Waals surface area contributed by atoms with Gasteiger partial charge in [0.2, 0.25) is 0 Å². The minimum Gasteiger partial charge on any atom is -0.790 e. The first-order valence-electron chi connectivity index (χ1n) is 2.41. The average molecular weight is 234 g/mol. The van der Waals surface area contributed by atoms with Gasteiger partial charge in [0.25, 0.3) is 0 Å². The SMILES string of the molecule is O=P([O-])([O-])OC(CO)CO.[Cu+2]. The summed E-state index contributed by atoms with van der Waals surface area (Å²) in [6, 6.07) is 0. The van der Waals surface area contributed by atoms with Gasteiger partial charge in [-0.15, -0.1) is 0 Å². The molecule has 6 nitrogen and oxygen atoms in total. The van der Waals surface area contributed by atoms with Gasteiger partial charge < -0.3 is 29.1 Å². The molecule has 0 aromatic heterocycles. The molecule has 1 radical (unpaired) electrons. The topological polar surface area (TPSA) is 113 Å². The van der Waals surface area contributed by atoms with Gasteiger partial charge in [-0.1, -0.05) is 0 Å². The van der Waals surface area contributed by atoms with E-state index in [0.717, 1.165) is 0 Å². The maximum Gasteiger partial charge on any atom is 2.00 e. The minimum absolute atomic E-state index is 0. The molecule has 11 heavy (non-hydrogen) atoms. The van der Waals surface area contributed by atoms with Crippen LogP contribution >= 0.6 is 7.82 Å². The van der Waals surface area contributed by atoms with E-state index < -0.39 is 27.1 Å². The van der Waals surface area contributed by atoms with Crippen LogP contribution in [0, 0.1) is 0 Å². The van der Waals surface area contributed by atoms with Gasteiger partial charge in [-0.2, -0.15) is 0 Å². The van der Waals surface area contributed by atoms with Gasteiger partial charge in [-0.25, -0.2) is 0 Å². The summed E-state index contributed by atoms with van der Waals surface area (Å²) in [6.07, 6.45) is -1.33. The molecule has 0 fully saturated rings. The second-order valence-electron chi connectivity index (χ2n) is 1.54. The molecule has 0 saturated carbocycles. The summed E-state index contributed by atoms with van der Waals surface area (Å²) in [7, 11) is -5.07. The summed E-state index contributed by atoms with van der Waals surface area (Å²) in [5.41, 5.74) is 0. The Morgan fingerprint density at radius 3 is 1.82 bits per heavy atom. The second-order valence-corrected chi connectivity index (χ2v) is 2.65. The van der Waals surface area contributed by atoms with Crippen molar-refractivity contribution < 1.29 is 46.2 Å². The number of aliphatic hydroxyl groups excluding tert-OH is 2. The van der Waals surface area contributed by atoms with Crippen molar-refractivity contribution in [3.05, 3.63) is 0 Å². The summed E-state index contributed by atoms with van der Waals surface area (Å²) < 4.78 is 13.5. The molecule has 71 valence electrons. The van der Waals surface area contributed by atoms with E-state index >= 15 is 0 Å². The molecule has 0 bridgehead atoms. The first-order chi connectivity index (χ1) is 4.49. The number of rotatable bonds is 4. The van der Waals surface area contributed by atoms with Crippen LogP contribution in [0.15, 0.2) is 0 Å². The average Bonchev–Trinajstić information content (AvgIpc) is 1.81. The summed E-state index contributed by atoms with van der Waals surface area (Å²) >= 11 is 0. The number of hydrogen-bond donors (Lipinski definition) is 2. The first kappa shape index (κ1) is 14.1. The Morgan fingerprint density at radius 1 is 1.36 bits per heavy atom. The monoisotopic (exact) mass is 233 g/mol. The van der Waals surface area contributed by atoms with Crippen LogP contribution < -0.4 is 9.79 Å². The molecule has 0 rings (SSSR count). The van der Waals surface area contributed by atoms with E-state index in [1.54, 1.807) is 0 Å². The quantitative estimate of drug-likeness (QED) is 0.400. The predicted molar refractivity (Wildman–Crippen MR) is 26.7 cm³/mol. The van der Waals surface area contributed by atoms with E-state index in [1.165, 1.54) is 0 Å². The number of aliphatic hydroxyl groups is 2. The fraction of sp³-hybridized carbons (Fsp3) is 1.00. The standard InChI is InChI=1S/C3H9O6P.Cu/c4-1-3(2-5)9-10(6,7)8;/h3-5H,1-2H2,(H2,6,7,8);/q;+2/p-2. The van der Waals surface area contributed by atoms with Crippen molar-refractivity contribution in [2.24, 2.45) is 0 Å².